The van der Waals surface area contributed by atoms with E-state index in [1.165, 1.54) is 212 Å². The van der Waals surface area contributed by atoms with Crippen molar-refractivity contribution < 1.29 is 28.6 Å². The molecule has 0 amide bonds. The van der Waals surface area contributed by atoms with E-state index in [1.807, 2.05) is 0 Å². The second-order valence-electron chi connectivity index (χ2n) is 19.9. The predicted octanol–water partition coefficient (Wildman–Crippen LogP) is 19.7. The Bertz CT molecular complexity index is 1130. The van der Waals surface area contributed by atoms with Gasteiger partial charge in [-0.3, -0.25) is 14.4 Å². The first-order valence-corrected chi connectivity index (χ1v) is 29.5. The number of allylic oxidation sites excluding steroid dienone is 6. The van der Waals surface area contributed by atoms with Gasteiger partial charge in [-0.2, -0.15) is 0 Å². The molecule has 0 aliphatic carbocycles. The molecule has 0 rings (SSSR count). The fourth-order valence-electron chi connectivity index (χ4n) is 8.65. The first kappa shape index (κ1) is 64.6. The smallest absolute Gasteiger partial charge is 0.306 e. The van der Waals surface area contributed by atoms with Gasteiger partial charge in [0, 0.05) is 19.3 Å². The Hall–Kier alpha value is -2.37. The van der Waals surface area contributed by atoms with Crippen LogP contribution in [0.4, 0.5) is 0 Å². The van der Waals surface area contributed by atoms with E-state index in [2.05, 4.69) is 57.2 Å². The summed E-state index contributed by atoms with van der Waals surface area (Å²) in [7, 11) is 0. The molecule has 0 aromatic rings. The van der Waals surface area contributed by atoms with Crippen LogP contribution in [-0.2, 0) is 28.6 Å². The molecule has 6 heteroatoms. The standard InChI is InChI=1S/C61H112O6/c1-4-7-10-13-16-19-22-25-27-29-30-32-33-36-39-42-45-48-51-54-60(63)66-57-58(56-65-59(62)53-50-47-44-41-38-35-24-21-18-15-12-9-6-3)67-61(64)55-52-49-46-43-40-37-34-31-28-26-23-20-17-14-11-8-5-2/h16,19,25-28,58H,4-15,17-18,20-24,29-57H2,1-3H3/b19-16-,27-25-,28-26-/t58-/m0/s1. The van der Waals surface area contributed by atoms with Crippen LogP contribution in [0.5, 0.6) is 0 Å². The van der Waals surface area contributed by atoms with Crippen LogP contribution in [0, 0.1) is 0 Å². The van der Waals surface area contributed by atoms with Crippen molar-refractivity contribution in [2.24, 2.45) is 0 Å². The first-order chi connectivity index (χ1) is 33.0. The number of hydrogen-bond donors (Lipinski definition) is 0. The Kier molecular flexibility index (Phi) is 54.2. The highest BCUT2D eigenvalue weighted by molar-refractivity contribution is 5.71. The van der Waals surface area contributed by atoms with Gasteiger partial charge in [0.1, 0.15) is 13.2 Å². The summed E-state index contributed by atoms with van der Waals surface area (Å²) in [5.41, 5.74) is 0. The van der Waals surface area contributed by atoms with Gasteiger partial charge < -0.3 is 14.2 Å². The normalized spacial score (nSPS) is 12.2. The summed E-state index contributed by atoms with van der Waals surface area (Å²) in [6.45, 7) is 6.64. The largest absolute Gasteiger partial charge is 0.462 e. The van der Waals surface area contributed by atoms with E-state index >= 15 is 0 Å². The third kappa shape index (κ3) is 54.4. The molecule has 0 aliphatic rings. The van der Waals surface area contributed by atoms with Gasteiger partial charge in [0.15, 0.2) is 6.10 Å². The molecule has 0 N–H and O–H groups in total. The summed E-state index contributed by atoms with van der Waals surface area (Å²) in [5, 5.41) is 0. The van der Waals surface area contributed by atoms with E-state index in [4.69, 9.17) is 14.2 Å². The highest BCUT2D eigenvalue weighted by atomic mass is 16.6. The van der Waals surface area contributed by atoms with Crippen molar-refractivity contribution in [3.8, 4) is 0 Å². The first-order valence-electron chi connectivity index (χ1n) is 29.5. The highest BCUT2D eigenvalue weighted by Gasteiger charge is 2.19. The monoisotopic (exact) mass is 941 g/mol. The van der Waals surface area contributed by atoms with Crippen molar-refractivity contribution >= 4 is 17.9 Å². The Morgan fingerprint density at radius 2 is 0.537 bits per heavy atom. The minimum Gasteiger partial charge on any atom is -0.462 e. The van der Waals surface area contributed by atoms with E-state index in [-0.39, 0.29) is 31.1 Å². The summed E-state index contributed by atoms with van der Waals surface area (Å²) in [6, 6.07) is 0. The number of unbranched alkanes of at least 4 members (excludes halogenated alkanes) is 37. The van der Waals surface area contributed by atoms with Crippen molar-refractivity contribution in [3.05, 3.63) is 36.5 Å². The van der Waals surface area contributed by atoms with Crippen LogP contribution in [0.25, 0.3) is 0 Å². The minimum atomic E-state index is -0.773. The zero-order valence-electron chi connectivity index (χ0n) is 44.9. The molecule has 67 heavy (non-hydrogen) atoms. The van der Waals surface area contributed by atoms with Crippen molar-refractivity contribution in [1.82, 2.24) is 0 Å². The van der Waals surface area contributed by atoms with Crippen LogP contribution in [-0.4, -0.2) is 37.2 Å². The fourth-order valence-corrected chi connectivity index (χ4v) is 8.65. The molecule has 0 heterocycles. The molecule has 0 aliphatic heterocycles. The average molecular weight is 942 g/mol. The zero-order valence-corrected chi connectivity index (χ0v) is 44.9. The van der Waals surface area contributed by atoms with Gasteiger partial charge in [-0.05, 0) is 77.0 Å². The number of hydrogen-bond acceptors (Lipinski definition) is 6. The summed E-state index contributed by atoms with van der Waals surface area (Å²) >= 11 is 0. The van der Waals surface area contributed by atoms with Crippen LogP contribution >= 0.6 is 0 Å². The van der Waals surface area contributed by atoms with Crippen LogP contribution < -0.4 is 0 Å². The van der Waals surface area contributed by atoms with Gasteiger partial charge in [-0.15, -0.1) is 0 Å². The van der Waals surface area contributed by atoms with Crippen molar-refractivity contribution in [2.75, 3.05) is 13.2 Å². The number of carbonyl (C=O) groups excluding carboxylic acids is 3. The fraction of sp³-hybridized carbons (Fsp3) is 0.852. The van der Waals surface area contributed by atoms with Crippen molar-refractivity contribution in [1.29, 1.82) is 0 Å². The molecule has 0 bridgehead atoms. The average Bonchev–Trinajstić information content (AvgIpc) is 3.33. The maximum Gasteiger partial charge on any atom is 0.306 e. The molecule has 0 radical (unpaired) electrons. The molecule has 0 saturated carbocycles. The van der Waals surface area contributed by atoms with Gasteiger partial charge >= 0.3 is 17.9 Å². The molecular weight excluding hydrogens is 829 g/mol. The molecule has 1 atom stereocenters. The molecule has 0 saturated heterocycles. The van der Waals surface area contributed by atoms with Crippen LogP contribution in [0.3, 0.4) is 0 Å². The quantitative estimate of drug-likeness (QED) is 0.0262. The molecule has 0 aromatic carbocycles. The summed E-state index contributed by atoms with van der Waals surface area (Å²) in [5.74, 6) is -0.862. The third-order valence-electron chi connectivity index (χ3n) is 13.1. The van der Waals surface area contributed by atoms with Gasteiger partial charge in [-0.25, -0.2) is 0 Å². The van der Waals surface area contributed by atoms with Gasteiger partial charge in [0.2, 0.25) is 0 Å². The molecule has 0 aromatic heterocycles. The molecule has 0 unspecified atom stereocenters. The number of rotatable bonds is 54. The number of ether oxygens (including phenoxy) is 3. The van der Waals surface area contributed by atoms with E-state index in [9.17, 15) is 14.4 Å². The lowest BCUT2D eigenvalue weighted by Crippen LogP contribution is -2.30. The lowest BCUT2D eigenvalue weighted by atomic mass is 10.0. The van der Waals surface area contributed by atoms with E-state index in [1.54, 1.807) is 0 Å². The zero-order chi connectivity index (χ0) is 48.6. The van der Waals surface area contributed by atoms with Gasteiger partial charge in [0.05, 0.1) is 0 Å². The minimum absolute atomic E-state index is 0.0713. The predicted molar refractivity (Wildman–Crippen MR) is 289 cm³/mol. The van der Waals surface area contributed by atoms with Crippen molar-refractivity contribution in [3.63, 3.8) is 0 Å². The Morgan fingerprint density at radius 1 is 0.299 bits per heavy atom. The van der Waals surface area contributed by atoms with Crippen molar-refractivity contribution in [2.45, 2.75) is 322 Å². The lowest BCUT2D eigenvalue weighted by molar-refractivity contribution is -0.167. The highest BCUT2D eigenvalue weighted by Crippen LogP contribution is 2.16. The molecule has 392 valence electrons. The molecule has 6 nitrogen and oxygen atoms in total. The maximum absolute atomic E-state index is 12.9. The van der Waals surface area contributed by atoms with E-state index in [0.717, 1.165) is 64.2 Å². The van der Waals surface area contributed by atoms with Crippen LogP contribution in [0.2, 0.25) is 0 Å². The Morgan fingerprint density at radius 3 is 0.866 bits per heavy atom. The van der Waals surface area contributed by atoms with Crippen LogP contribution in [0.1, 0.15) is 316 Å². The SMILES string of the molecule is CCCCC/C=C\C/C=C\CCCCCCCCCCCC(=O)OC[C@H](COC(=O)CCCCCCCCCCCCCCC)OC(=O)CCCCCCCCC/C=C\CCCCCCCC. The summed E-state index contributed by atoms with van der Waals surface area (Å²) in [4.78, 5) is 38.2. The van der Waals surface area contributed by atoms with Gasteiger partial charge in [-0.1, -0.05) is 256 Å². The second-order valence-corrected chi connectivity index (χ2v) is 19.9. The maximum atomic E-state index is 12.9. The van der Waals surface area contributed by atoms with E-state index < -0.39 is 6.10 Å². The third-order valence-corrected chi connectivity index (χ3v) is 13.1. The second kappa shape index (κ2) is 56.2. The number of esters is 3. The molecular formula is C61H112O6. The molecule has 0 spiro atoms. The number of carbonyl (C=O) groups is 3. The molecule has 0 fully saturated rings. The summed E-state index contributed by atoms with van der Waals surface area (Å²) in [6.07, 6.45) is 67.0. The van der Waals surface area contributed by atoms with Gasteiger partial charge in [0.25, 0.3) is 0 Å². The van der Waals surface area contributed by atoms with E-state index in [0.29, 0.717) is 19.3 Å². The Balaban J connectivity index is 4.33. The summed E-state index contributed by atoms with van der Waals surface area (Å²) < 4.78 is 16.9. The Labute approximate surface area is 416 Å². The lowest BCUT2D eigenvalue weighted by Gasteiger charge is -2.18. The van der Waals surface area contributed by atoms with Crippen LogP contribution in [0.15, 0.2) is 36.5 Å². The topological polar surface area (TPSA) is 78.9 Å².